The van der Waals surface area contributed by atoms with E-state index in [2.05, 4.69) is 55.3 Å². The molecule has 2 aromatic heterocycles. The summed E-state index contributed by atoms with van der Waals surface area (Å²) >= 11 is 0. The van der Waals surface area contributed by atoms with E-state index in [1.54, 1.807) is 0 Å². The number of para-hydroxylation sites is 3. The van der Waals surface area contributed by atoms with E-state index < -0.39 is 0 Å². The van der Waals surface area contributed by atoms with Crippen molar-refractivity contribution >= 4 is 27.8 Å². The van der Waals surface area contributed by atoms with Crippen molar-refractivity contribution in [3.63, 3.8) is 0 Å². The molecular weight excluding hydrogens is 388 g/mol. The lowest BCUT2D eigenvalue weighted by Crippen LogP contribution is -2.45. The van der Waals surface area contributed by atoms with E-state index in [1.807, 2.05) is 64.0 Å². The maximum Gasteiger partial charge on any atom is 0.126 e. The number of anilines is 1. The third-order valence-electron chi connectivity index (χ3n) is 5.92. The van der Waals surface area contributed by atoms with Crippen molar-refractivity contribution in [3.8, 4) is 0 Å². The third-order valence-corrected chi connectivity index (χ3v) is 5.92. The van der Waals surface area contributed by atoms with E-state index in [1.165, 1.54) is 0 Å². The minimum absolute atomic E-state index is 0.0191. The summed E-state index contributed by atoms with van der Waals surface area (Å²) in [6.45, 7) is 0. The van der Waals surface area contributed by atoms with Crippen LogP contribution in [0.4, 0.5) is 5.69 Å². The van der Waals surface area contributed by atoms with E-state index in [-0.39, 0.29) is 12.3 Å². The molecule has 0 saturated carbocycles. The summed E-state index contributed by atoms with van der Waals surface area (Å²) in [6, 6.07) is 26.4. The number of benzene rings is 3. The number of nitrogens with one attached hydrogen (secondary N) is 1. The van der Waals surface area contributed by atoms with Gasteiger partial charge in [0.1, 0.15) is 23.4 Å². The lowest BCUT2D eigenvalue weighted by Gasteiger charge is -2.42. The highest BCUT2D eigenvalue weighted by Crippen LogP contribution is 2.37. The minimum Gasteiger partial charge on any atom is -0.315 e. The molecule has 0 spiro atoms. The van der Waals surface area contributed by atoms with Gasteiger partial charge in [0.05, 0.1) is 11.0 Å². The zero-order chi connectivity index (χ0) is 20.6. The van der Waals surface area contributed by atoms with Crippen LogP contribution in [0.2, 0.25) is 0 Å². The molecule has 1 saturated heterocycles. The SMILES string of the molecule is c1ccc(NN2C(n3nnc4ccccc43)CCCC2n2nnc3ccccc32)cc1. The smallest absolute Gasteiger partial charge is 0.126 e. The molecule has 8 nitrogen and oxygen atoms in total. The molecule has 5 aromatic rings. The van der Waals surface area contributed by atoms with Crippen LogP contribution in [0.15, 0.2) is 78.9 Å². The average Bonchev–Trinajstić information content (AvgIpc) is 3.45. The molecule has 3 aromatic carbocycles. The van der Waals surface area contributed by atoms with Crippen molar-refractivity contribution in [1.29, 1.82) is 0 Å². The van der Waals surface area contributed by atoms with Gasteiger partial charge >= 0.3 is 0 Å². The van der Waals surface area contributed by atoms with E-state index in [4.69, 9.17) is 0 Å². The van der Waals surface area contributed by atoms with Gasteiger partial charge in [-0.25, -0.2) is 9.36 Å². The normalized spacial score (nSPS) is 19.7. The number of fused-ring (bicyclic) bond motifs is 2. The molecule has 6 rings (SSSR count). The second-order valence-corrected chi connectivity index (χ2v) is 7.82. The molecule has 2 atom stereocenters. The second kappa shape index (κ2) is 7.48. The fraction of sp³-hybridized carbons (Fsp3) is 0.217. The van der Waals surface area contributed by atoms with Gasteiger partial charge in [0.2, 0.25) is 0 Å². The molecule has 1 aliphatic heterocycles. The molecule has 0 radical (unpaired) electrons. The first-order valence-electron chi connectivity index (χ1n) is 10.6. The van der Waals surface area contributed by atoms with Gasteiger partial charge in [0.15, 0.2) is 0 Å². The first kappa shape index (κ1) is 18.0. The van der Waals surface area contributed by atoms with Gasteiger partial charge in [-0.1, -0.05) is 52.9 Å². The van der Waals surface area contributed by atoms with Crippen LogP contribution in [0.1, 0.15) is 31.6 Å². The van der Waals surface area contributed by atoms with Crippen molar-refractivity contribution in [2.45, 2.75) is 31.6 Å². The van der Waals surface area contributed by atoms with Gasteiger partial charge in [0, 0.05) is 5.69 Å². The highest BCUT2D eigenvalue weighted by Gasteiger charge is 2.36. The summed E-state index contributed by atoms with van der Waals surface area (Å²) in [6.07, 6.45) is 2.92. The largest absolute Gasteiger partial charge is 0.315 e. The number of hydrogen-bond donors (Lipinski definition) is 1. The van der Waals surface area contributed by atoms with Crippen LogP contribution < -0.4 is 5.43 Å². The Balaban J connectivity index is 1.47. The van der Waals surface area contributed by atoms with Gasteiger partial charge in [-0.05, 0) is 55.7 Å². The van der Waals surface area contributed by atoms with Crippen LogP contribution >= 0.6 is 0 Å². The fourth-order valence-corrected chi connectivity index (χ4v) is 4.47. The Hall–Kier alpha value is -3.78. The topological polar surface area (TPSA) is 76.7 Å². The summed E-state index contributed by atoms with van der Waals surface area (Å²) < 4.78 is 4.05. The average molecular weight is 410 g/mol. The standard InChI is InChI=1S/C23H22N8/c1-2-9-17(10-3-1)26-31-22(29-20-13-6-4-11-18(20)24-27-29)15-8-16-23(31)30-21-14-7-5-12-19(21)25-28-30/h1-7,9-14,22-23,26H,8,15-16H2. The zero-order valence-corrected chi connectivity index (χ0v) is 16.9. The van der Waals surface area contributed by atoms with Crippen LogP contribution in [0, 0.1) is 0 Å². The molecule has 0 bridgehead atoms. The highest BCUT2D eigenvalue weighted by atomic mass is 15.7. The van der Waals surface area contributed by atoms with E-state index in [9.17, 15) is 0 Å². The molecule has 8 heteroatoms. The lowest BCUT2D eigenvalue weighted by molar-refractivity contribution is 0.0163. The summed E-state index contributed by atoms with van der Waals surface area (Å²) in [5, 5.41) is 20.1. The van der Waals surface area contributed by atoms with E-state index >= 15 is 0 Å². The Morgan fingerprint density at radius 3 is 1.74 bits per heavy atom. The van der Waals surface area contributed by atoms with Crippen molar-refractivity contribution < 1.29 is 0 Å². The van der Waals surface area contributed by atoms with Gasteiger partial charge in [-0.3, -0.25) is 0 Å². The second-order valence-electron chi connectivity index (χ2n) is 7.82. The van der Waals surface area contributed by atoms with Gasteiger partial charge in [-0.2, -0.15) is 5.01 Å². The van der Waals surface area contributed by atoms with Crippen LogP contribution in [-0.4, -0.2) is 35.0 Å². The maximum atomic E-state index is 4.53. The quantitative estimate of drug-likeness (QED) is 0.474. The molecule has 1 aliphatic rings. The monoisotopic (exact) mass is 410 g/mol. The Labute approximate surface area is 179 Å². The summed E-state index contributed by atoms with van der Waals surface area (Å²) in [5.74, 6) is 0. The van der Waals surface area contributed by atoms with Crippen molar-refractivity contribution in [1.82, 2.24) is 35.0 Å². The first-order chi connectivity index (χ1) is 15.4. The number of hydrazine groups is 1. The van der Waals surface area contributed by atoms with Crippen molar-refractivity contribution in [2.24, 2.45) is 0 Å². The molecule has 1 N–H and O–H groups in total. The number of rotatable bonds is 4. The van der Waals surface area contributed by atoms with Gasteiger partial charge in [-0.15, -0.1) is 10.2 Å². The molecule has 0 aliphatic carbocycles. The van der Waals surface area contributed by atoms with E-state index in [0.717, 1.165) is 47.0 Å². The predicted octanol–water partition coefficient (Wildman–Crippen LogP) is 4.39. The van der Waals surface area contributed by atoms with Crippen LogP contribution in [0.3, 0.4) is 0 Å². The van der Waals surface area contributed by atoms with Crippen LogP contribution in [0.5, 0.6) is 0 Å². The van der Waals surface area contributed by atoms with Gasteiger partial charge in [0.25, 0.3) is 0 Å². The Bertz CT molecular complexity index is 1240. The number of piperidine rings is 1. The Morgan fingerprint density at radius 1 is 0.645 bits per heavy atom. The molecule has 0 amide bonds. The first-order valence-corrected chi connectivity index (χ1v) is 10.6. The molecule has 2 unspecified atom stereocenters. The molecule has 1 fully saturated rings. The van der Waals surface area contributed by atoms with Crippen molar-refractivity contribution in [2.75, 3.05) is 5.43 Å². The molecular formula is C23H22N8. The molecule has 3 heterocycles. The molecule has 154 valence electrons. The van der Waals surface area contributed by atoms with Gasteiger partial charge < -0.3 is 5.43 Å². The van der Waals surface area contributed by atoms with Crippen LogP contribution in [-0.2, 0) is 0 Å². The highest BCUT2D eigenvalue weighted by molar-refractivity contribution is 5.74. The Kier molecular flexibility index (Phi) is 4.35. The maximum absolute atomic E-state index is 4.53. The number of hydrogen-bond acceptors (Lipinski definition) is 6. The van der Waals surface area contributed by atoms with E-state index in [0.29, 0.717) is 0 Å². The Morgan fingerprint density at radius 2 is 1.16 bits per heavy atom. The third kappa shape index (κ3) is 3.12. The molecule has 31 heavy (non-hydrogen) atoms. The van der Waals surface area contributed by atoms with Crippen LogP contribution in [0.25, 0.3) is 22.1 Å². The van der Waals surface area contributed by atoms with Crippen molar-refractivity contribution in [3.05, 3.63) is 78.9 Å². The lowest BCUT2D eigenvalue weighted by atomic mass is 10.1. The summed E-state index contributed by atoms with van der Waals surface area (Å²) in [4.78, 5) is 0. The number of nitrogens with zero attached hydrogens (tertiary/aromatic N) is 7. The minimum atomic E-state index is -0.0191. The predicted molar refractivity (Wildman–Crippen MR) is 119 cm³/mol. The summed E-state index contributed by atoms with van der Waals surface area (Å²) in [7, 11) is 0. The fourth-order valence-electron chi connectivity index (χ4n) is 4.47. The number of aromatic nitrogens is 6. The zero-order valence-electron chi connectivity index (χ0n) is 16.9. The summed E-state index contributed by atoms with van der Waals surface area (Å²) in [5.41, 5.74) is 8.51.